The van der Waals surface area contributed by atoms with Crippen LogP contribution in [0.3, 0.4) is 0 Å². The number of nitrogens with one attached hydrogen (secondary N) is 1. The average molecular weight is 257 g/mol. The molecule has 1 heterocycles. The van der Waals surface area contributed by atoms with Crippen LogP contribution in [0.1, 0.15) is 16.9 Å². The zero-order valence-corrected chi connectivity index (χ0v) is 10.7. The SMILES string of the molecule is COc1cc(C(=O)NCCCOCCO)nn1C. The van der Waals surface area contributed by atoms with Crippen molar-refractivity contribution < 1.29 is 19.4 Å². The molecule has 18 heavy (non-hydrogen) atoms. The number of hydrogen-bond acceptors (Lipinski definition) is 5. The first-order valence-electron chi connectivity index (χ1n) is 5.74. The van der Waals surface area contributed by atoms with Crippen LogP contribution in [-0.4, -0.2) is 54.3 Å². The van der Waals surface area contributed by atoms with Gasteiger partial charge in [-0.15, -0.1) is 0 Å². The van der Waals surface area contributed by atoms with Crippen molar-refractivity contribution in [2.75, 3.05) is 33.5 Å². The number of ether oxygens (including phenoxy) is 2. The minimum Gasteiger partial charge on any atom is -0.481 e. The van der Waals surface area contributed by atoms with Gasteiger partial charge in [0.2, 0.25) is 5.88 Å². The topological polar surface area (TPSA) is 85.6 Å². The number of hydrogen-bond donors (Lipinski definition) is 2. The van der Waals surface area contributed by atoms with E-state index in [0.29, 0.717) is 37.8 Å². The van der Waals surface area contributed by atoms with Gasteiger partial charge < -0.3 is 19.9 Å². The van der Waals surface area contributed by atoms with Crippen LogP contribution in [0.5, 0.6) is 5.88 Å². The monoisotopic (exact) mass is 257 g/mol. The van der Waals surface area contributed by atoms with Gasteiger partial charge in [0.1, 0.15) is 0 Å². The summed E-state index contributed by atoms with van der Waals surface area (Å²) in [5.41, 5.74) is 0.325. The Hall–Kier alpha value is -1.60. The lowest BCUT2D eigenvalue weighted by atomic mass is 10.4. The van der Waals surface area contributed by atoms with Gasteiger partial charge in [-0.2, -0.15) is 5.10 Å². The number of aliphatic hydroxyl groups is 1. The van der Waals surface area contributed by atoms with Crippen LogP contribution in [0, 0.1) is 0 Å². The van der Waals surface area contributed by atoms with Gasteiger partial charge in [0, 0.05) is 26.3 Å². The van der Waals surface area contributed by atoms with E-state index in [4.69, 9.17) is 14.6 Å². The molecular weight excluding hydrogens is 238 g/mol. The summed E-state index contributed by atoms with van der Waals surface area (Å²) in [6.07, 6.45) is 0.690. The van der Waals surface area contributed by atoms with Gasteiger partial charge in [0.15, 0.2) is 5.69 Å². The summed E-state index contributed by atoms with van der Waals surface area (Å²) < 4.78 is 11.6. The molecule has 0 atom stereocenters. The predicted molar refractivity (Wildman–Crippen MR) is 64.6 cm³/mol. The molecule has 1 aromatic rings. The summed E-state index contributed by atoms with van der Waals surface area (Å²) in [6, 6.07) is 1.58. The van der Waals surface area contributed by atoms with Crippen molar-refractivity contribution in [3.8, 4) is 5.88 Å². The minimum absolute atomic E-state index is 0.0140. The van der Waals surface area contributed by atoms with E-state index in [1.54, 1.807) is 13.1 Å². The van der Waals surface area contributed by atoms with Crippen molar-refractivity contribution in [3.63, 3.8) is 0 Å². The smallest absolute Gasteiger partial charge is 0.271 e. The van der Waals surface area contributed by atoms with E-state index >= 15 is 0 Å². The first-order chi connectivity index (χ1) is 8.69. The van der Waals surface area contributed by atoms with Crippen molar-refractivity contribution >= 4 is 5.91 Å². The second-order valence-corrected chi connectivity index (χ2v) is 3.64. The van der Waals surface area contributed by atoms with Crippen LogP contribution in [0.25, 0.3) is 0 Å². The number of carbonyl (C=O) groups excluding carboxylic acids is 1. The van der Waals surface area contributed by atoms with Crippen LogP contribution in [0.2, 0.25) is 0 Å². The molecule has 0 spiro atoms. The third kappa shape index (κ3) is 4.34. The molecule has 102 valence electrons. The molecule has 2 N–H and O–H groups in total. The number of methoxy groups -OCH3 is 1. The first kappa shape index (κ1) is 14.5. The van der Waals surface area contributed by atoms with E-state index in [1.165, 1.54) is 11.8 Å². The third-order valence-electron chi connectivity index (χ3n) is 2.27. The molecule has 1 aromatic heterocycles. The van der Waals surface area contributed by atoms with Crippen molar-refractivity contribution in [1.29, 1.82) is 0 Å². The maximum Gasteiger partial charge on any atom is 0.271 e. The van der Waals surface area contributed by atoms with Crippen LogP contribution in [0.4, 0.5) is 0 Å². The molecule has 1 amide bonds. The Morgan fingerprint density at radius 1 is 1.56 bits per heavy atom. The fourth-order valence-electron chi connectivity index (χ4n) is 1.39. The number of aryl methyl sites for hydroxylation is 1. The molecule has 0 fully saturated rings. The molecule has 0 aliphatic carbocycles. The van der Waals surface area contributed by atoms with Gasteiger partial charge in [-0.1, -0.05) is 0 Å². The summed E-state index contributed by atoms with van der Waals surface area (Å²) in [5.74, 6) is 0.294. The molecule has 0 saturated carbocycles. The third-order valence-corrected chi connectivity index (χ3v) is 2.27. The number of amides is 1. The van der Waals surface area contributed by atoms with Crippen LogP contribution >= 0.6 is 0 Å². The maximum atomic E-state index is 11.7. The van der Waals surface area contributed by atoms with Gasteiger partial charge in [0.25, 0.3) is 5.91 Å². The molecule has 0 saturated heterocycles. The molecule has 0 radical (unpaired) electrons. The quantitative estimate of drug-likeness (QED) is 0.616. The lowest BCUT2D eigenvalue weighted by Gasteiger charge is -2.03. The van der Waals surface area contributed by atoms with E-state index in [1.807, 2.05) is 0 Å². The number of nitrogens with zero attached hydrogens (tertiary/aromatic N) is 2. The molecule has 7 nitrogen and oxygen atoms in total. The fraction of sp³-hybridized carbons (Fsp3) is 0.636. The van der Waals surface area contributed by atoms with Crippen LogP contribution < -0.4 is 10.1 Å². The highest BCUT2D eigenvalue weighted by Gasteiger charge is 2.12. The molecule has 1 rings (SSSR count). The molecule has 0 aliphatic heterocycles. The maximum absolute atomic E-state index is 11.7. The highest BCUT2D eigenvalue weighted by atomic mass is 16.5. The van der Waals surface area contributed by atoms with Crippen molar-refractivity contribution in [2.45, 2.75) is 6.42 Å². The molecule has 0 aromatic carbocycles. The zero-order chi connectivity index (χ0) is 13.4. The number of aliphatic hydroxyl groups excluding tert-OH is 1. The van der Waals surface area contributed by atoms with Crippen molar-refractivity contribution in [1.82, 2.24) is 15.1 Å². The second kappa shape index (κ2) is 7.67. The first-order valence-corrected chi connectivity index (χ1v) is 5.74. The lowest BCUT2D eigenvalue weighted by molar-refractivity contribution is 0.0865. The Bertz CT molecular complexity index is 378. The van der Waals surface area contributed by atoms with Gasteiger partial charge in [-0.05, 0) is 6.42 Å². The van der Waals surface area contributed by atoms with E-state index in [9.17, 15) is 4.79 Å². The average Bonchev–Trinajstić information content (AvgIpc) is 2.74. The number of aromatic nitrogens is 2. The van der Waals surface area contributed by atoms with Gasteiger partial charge >= 0.3 is 0 Å². The summed E-state index contributed by atoms with van der Waals surface area (Å²) in [7, 11) is 3.23. The van der Waals surface area contributed by atoms with E-state index in [2.05, 4.69) is 10.4 Å². The Balaban J connectivity index is 2.27. The zero-order valence-electron chi connectivity index (χ0n) is 10.7. The standard InChI is InChI=1S/C11H19N3O4/c1-14-10(17-2)8-9(13-14)11(16)12-4-3-6-18-7-5-15/h8,15H,3-7H2,1-2H3,(H,12,16). The minimum atomic E-state index is -0.240. The highest BCUT2D eigenvalue weighted by Crippen LogP contribution is 2.10. The molecule has 7 heteroatoms. The highest BCUT2D eigenvalue weighted by molar-refractivity contribution is 5.92. The van der Waals surface area contributed by atoms with E-state index in [0.717, 1.165) is 0 Å². The number of rotatable bonds is 8. The largest absolute Gasteiger partial charge is 0.481 e. The molecule has 0 aliphatic rings. The van der Waals surface area contributed by atoms with Gasteiger partial charge in [-0.25, -0.2) is 4.68 Å². The summed E-state index contributed by atoms with van der Waals surface area (Å²) in [6.45, 7) is 1.35. The van der Waals surface area contributed by atoms with E-state index < -0.39 is 0 Å². The lowest BCUT2D eigenvalue weighted by Crippen LogP contribution is -2.25. The van der Waals surface area contributed by atoms with Gasteiger partial charge in [0.05, 0.1) is 20.3 Å². The van der Waals surface area contributed by atoms with Crippen molar-refractivity contribution in [2.24, 2.45) is 7.05 Å². The van der Waals surface area contributed by atoms with E-state index in [-0.39, 0.29) is 12.5 Å². The predicted octanol–water partition coefficient (Wildman–Crippen LogP) is -0.442. The molecule has 0 unspecified atom stereocenters. The van der Waals surface area contributed by atoms with Gasteiger partial charge in [-0.3, -0.25) is 4.79 Å². The molecular formula is C11H19N3O4. The van der Waals surface area contributed by atoms with Crippen LogP contribution in [-0.2, 0) is 11.8 Å². The Morgan fingerprint density at radius 3 is 2.94 bits per heavy atom. The summed E-state index contributed by atoms with van der Waals surface area (Å²) in [5, 5.41) is 15.2. The second-order valence-electron chi connectivity index (χ2n) is 3.64. The summed E-state index contributed by atoms with van der Waals surface area (Å²) >= 11 is 0. The fourth-order valence-corrected chi connectivity index (χ4v) is 1.39. The summed E-state index contributed by atoms with van der Waals surface area (Å²) in [4.78, 5) is 11.7. The van der Waals surface area contributed by atoms with Crippen molar-refractivity contribution in [3.05, 3.63) is 11.8 Å². The number of carbonyl (C=O) groups is 1. The Kier molecular flexibility index (Phi) is 6.16. The normalized spacial score (nSPS) is 10.4. The van der Waals surface area contributed by atoms with Crippen LogP contribution in [0.15, 0.2) is 6.07 Å². The molecule has 0 bridgehead atoms. The Morgan fingerprint density at radius 2 is 2.33 bits per heavy atom. The Labute approximate surface area is 106 Å².